The number of aromatic hydroxyl groups is 1. The van der Waals surface area contributed by atoms with E-state index in [9.17, 15) is 14.5 Å². The van der Waals surface area contributed by atoms with Gasteiger partial charge < -0.3 is 19.1 Å². The molecule has 0 aromatic heterocycles. The first-order valence-corrected chi connectivity index (χ1v) is 14.7. The van der Waals surface area contributed by atoms with Gasteiger partial charge in [-0.15, -0.1) is 0 Å². The molecular weight excluding hydrogens is 571 g/mol. The minimum atomic E-state index is -2.21. The summed E-state index contributed by atoms with van der Waals surface area (Å²) in [5, 5.41) is 10.4. The molecule has 0 unspecified atom stereocenters. The smallest absolute Gasteiger partial charge is 0.338 e. The zero-order valence-electron chi connectivity index (χ0n) is 18.6. The van der Waals surface area contributed by atoms with E-state index in [4.69, 9.17) is 9.47 Å². The maximum atomic E-state index is 12.2. The highest BCUT2D eigenvalue weighted by Crippen LogP contribution is 2.44. The molecule has 0 spiro atoms. The fourth-order valence-corrected chi connectivity index (χ4v) is 5.87. The zero-order chi connectivity index (χ0) is 24.2. The highest BCUT2D eigenvalue weighted by atomic mass is 79.9. The van der Waals surface area contributed by atoms with Crippen molar-refractivity contribution in [2.24, 2.45) is 0 Å². The number of rotatable bonds is 8. The maximum Gasteiger partial charge on any atom is 0.338 e. The Kier molecular flexibility index (Phi) is 8.43. The molecule has 0 heterocycles. The number of hydrogen-bond acceptors (Lipinski definition) is 5. The van der Waals surface area contributed by atoms with Crippen LogP contribution in [0.2, 0.25) is 0 Å². The van der Waals surface area contributed by atoms with E-state index in [-0.39, 0.29) is 11.7 Å². The number of esters is 1. The number of hydrogen-bond donors (Lipinski definition) is 1. The molecule has 0 bridgehead atoms. The van der Waals surface area contributed by atoms with Gasteiger partial charge in [-0.25, -0.2) is 4.79 Å². The van der Waals surface area contributed by atoms with E-state index in [0.29, 0.717) is 41.8 Å². The molecule has 0 atom stereocenters. The van der Waals surface area contributed by atoms with Crippen LogP contribution in [0.25, 0.3) is 0 Å². The van der Waals surface area contributed by atoms with Gasteiger partial charge >= 0.3 is 5.97 Å². The molecule has 174 valence electrons. The lowest BCUT2D eigenvalue weighted by Gasteiger charge is -2.15. The average Bonchev–Trinajstić information content (AvgIpc) is 2.72. The van der Waals surface area contributed by atoms with Crippen LogP contribution < -0.4 is 4.74 Å². The summed E-state index contributed by atoms with van der Waals surface area (Å²) in [6.45, 7) is 5.60. The molecule has 0 amide bonds. The Labute approximate surface area is 210 Å². The van der Waals surface area contributed by atoms with E-state index >= 15 is 0 Å². The van der Waals surface area contributed by atoms with Gasteiger partial charge in [-0.2, -0.15) is 0 Å². The lowest BCUT2D eigenvalue weighted by Crippen LogP contribution is -2.05. The Morgan fingerprint density at radius 1 is 1.00 bits per heavy atom. The van der Waals surface area contributed by atoms with Crippen molar-refractivity contribution in [2.75, 3.05) is 19.9 Å². The molecule has 5 nitrogen and oxygen atoms in total. The summed E-state index contributed by atoms with van der Waals surface area (Å²) in [6.07, 6.45) is 0.915. The molecule has 3 aromatic carbocycles. The SMILES string of the molecule is CCOC(=O)c1cccc(Cc2cc(Oc3c(Br)cc(CP(C)(C)=O)cc3Br)ccc2O)c1. The second-order valence-electron chi connectivity index (χ2n) is 8.11. The molecule has 33 heavy (non-hydrogen) atoms. The fraction of sp³-hybridized carbons (Fsp3) is 0.240. The van der Waals surface area contributed by atoms with Crippen LogP contribution in [0.5, 0.6) is 17.2 Å². The van der Waals surface area contributed by atoms with E-state index in [1.54, 1.807) is 56.7 Å². The van der Waals surface area contributed by atoms with Crippen molar-refractivity contribution < 1.29 is 23.9 Å². The van der Waals surface area contributed by atoms with Crippen molar-refractivity contribution in [3.8, 4) is 17.2 Å². The summed E-state index contributed by atoms with van der Waals surface area (Å²) in [4.78, 5) is 12.0. The molecule has 0 aliphatic carbocycles. The molecule has 1 N–H and O–H groups in total. The number of benzene rings is 3. The summed E-state index contributed by atoms with van der Waals surface area (Å²) in [7, 11) is -2.21. The van der Waals surface area contributed by atoms with Crippen LogP contribution in [0.1, 0.15) is 34.0 Å². The second kappa shape index (κ2) is 10.9. The highest BCUT2D eigenvalue weighted by molar-refractivity contribution is 9.11. The van der Waals surface area contributed by atoms with Crippen LogP contribution in [0.4, 0.5) is 0 Å². The number of halogens is 2. The maximum absolute atomic E-state index is 12.2. The third-order valence-corrected chi connectivity index (χ3v) is 7.03. The average molecular weight is 596 g/mol. The van der Waals surface area contributed by atoms with Crippen LogP contribution in [0.15, 0.2) is 63.5 Å². The molecule has 8 heteroatoms. The molecule has 0 radical (unpaired) electrons. The standard InChI is InChI=1S/C25H25Br2O5P/c1-4-31-25(29)18-7-5-6-16(10-18)11-19-14-20(8-9-23(19)28)32-24-21(26)12-17(13-22(24)27)15-33(2,3)30/h5-10,12-14,28H,4,11,15H2,1-3H3. The highest BCUT2D eigenvalue weighted by Gasteiger charge is 2.16. The van der Waals surface area contributed by atoms with E-state index in [1.807, 2.05) is 18.2 Å². The molecule has 3 aromatic rings. The Balaban J connectivity index is 1.84. The minimum Gasteiger partial charge on any atom is -0.508 e. The van der Waals surface area contributed by atoms with Crippen LogP contribution >= 0.6 is 39.0 Å². The Hall–Kier alpha value is -2.08. The number of carbonyl (C=O) groups is 1. The first-order valence-electron chi connectivity index (χ1n) is 10.3. The first-order chi connectivity index (χ1) is 15.6. The van der Waals surface area contributed by atoms with Crippen LogP contribution in [-0.4, -0.2) is 31.0 Å². The summed E-state index contributed by atoms with van der Waals surface area (Å²) < 4.78 is 24.8. The van der Waals surface area contributed by atoms with Gasteiger partial charge in [0.1, 0.15) is 11.5 Å². The quantitative estimate of drug-likeness (QED) is 0.214. The van der Waals surface area contributed by atoms with Gasteiger partial charge in [-0.3, -0.25) is 0 Å². The van der Waals surface area contributed by atoms with Crippen LogP contribution in [0.3, 0.4) is 0 Å². The van der Waals surface area contributed by atoms with Crippen molar-refractivity contribution >= 4 is 45.0 Å². The first kappa shape index (κ1) is 25.5. The summed E-state index contributed by atoms with van der Waals surface area (Å²) in [5.41, 5.74) is 2.94. The van der Waals surface area contributed by atoms with Gasteiger partial charge in [-0.05, 0) is 106 Å². The van der Waals surface area contributed by atoms with E-state index < -0.39 is 7.14 Å². The number of phenols is 1. The largest absolute Gasteiger partial charge is 0.508 e. The number of phenolic OH excluding ortho intramolecular Hbond substituents is 1. The molecule has 0 saturated heterocycles. The third kappa shape index (κ3) is 7.20. The monoisotopic (exact) mass is 594 g/mol. The Bertz CT molecular complexity index is 1200. The molecule has 0 fully saturated rings. The topological polar surface area (TPSA) is 72.8 Å². The van der Waals surface area contributed by atoms with Gasteiger partial charge in [0.25, 0.3) is 0 Å². The lowest BCUT2D eigenvalue weighted by atomic mass is 10.0. The predicted octanol–water partition coefficient (Wildman–Crippen LogP) is 7.60. The summed E-state index contributed by atoms with van der Waals surface area (Å²) in [5.74, 6) is 0.900. The number of carbonyl (C=O) groups excluding carboxylic acids is 1. The number of ether oxygens (including phenoxy) is 2. The van der Waals surface area contributed by atoms with Crippen molar-refractivity contribution in [1.82, 2.24) is 0 Å². The normalized spacial score (nSPS) is 11.3. The van der Waals surface area contributed by atoms with Gasteiger partial charge in [-0.1, -0.05) is 12.1 Å². The third-order valence-electron chi connectivity index (χ3n) is 4.72. The van der Waals surface area contributed by atoms with E-state index in [2.05, 4.69) is 31.9 Å². The van der Waals surface area contributed by atoms with Crippen molar-refractivity contribution in [1.29, 1.82) is 0 Å². The Morgan fingerprint density at radius 2 is 1.70 bits per heavy atom. The predicted molar refractivity (Wildman–Crippen MR) is 138 cm³/mol. The fourth-order valence-electron chi connectivity index (χ4n) is 3.37. The summed E-state index contributed by atoms with van der Waals surface area (Å²) in [6, 6.07) is 16.0. The molecule has 0 aliphatic heterocycles. The van der Waals surface area contributed by atoms with E-state index in [0.717, 1.165) is 20.1 Å². The molecule has 0 aliphatic rings. The lowest BCUT2D eigenvalue weighted by molar-refractivity contribution is 0.0526. The molecular formula is C25H25Br2O5P. The minimum absolute atomic E-state index is 0.138. The van der Waals surface area contributed by atoms with E-state index in [1.165, 1.54) is 0 Å². The molecule has 0 saturated carbocycles. The van der Waals surface area contributed by atoms with Crippen molar-refractivity contribution in [2.45, 2.75) is 19.5 Å². The Morgan fingerprint density at radius 3 is 2.33 bits per heavy atom. The van der Waals surface area contributed by atoms with Crippen molar-refractivity contribution in [3.05, 3.63) is 85.8 Å². The van der Waals surface area contributed by atoms with Gasteiger partial charge in [0, 0.05) is 18.1 Å². The molecule has 3 rings (SSSR count). The van der Waals surface area contributed by atoms with Gasteiger partial charge in [0.05, 0.1) is 28.3 Å². The zero-order valence-corrected chi connectivity index (χ0v) is 22.7. The second-order valence-corrected chi connectivity index (χ2v) is 13.3. The summed E-state index contributed by atoms with van der Waals surface area (Å²) >= 11 is 7.09. The van der Waals surface area contributed by atoms with Crippen molar-refractivity contribution in [3.63, 3.8) is 0 Å². The van der Waals surface area contributed by atoms with Crippen LogP contribution in [0, 0.1) is 0 Å². The van der Waals surface area contributed by atoms with Gasteiger partial charge in [0.2, 0.25) is 0 Å². The van der Waals surface area contributed by atoms with Crippen LogP contribution in [-0.2, 0) is 21.9 Å². The van der Waals surface area contributed by atoms with Gasteiger partial charge in [0.15, 0.2) is 5.75 Å².